The largest absolute Gasteiger partial charge is 0.379 e. The van der Waals surface area contributed by atoms with Crippen LogP contribution < -0.4 is 0 Å². The van der Waals surface area contributed by atoms with Crippen molar-refractivity contribution in [1.82, 2.24) is 0 Å². The molecule has 90 valence electrons. The molecule has 0 N–H and O–H groups in total. The quantitative estimate of drug-likeness (QED) is 0.726. The van der Waals surface area contributed by atoms with E-state index in [0.717, 1.165) is 8.66 Å². The van der Waals surface area contributed by atoms with Crippen LogP contribution in [-0.2, 0) is 9.47 Å². The van der Waals surface area contributed by atoms with E-state index in [9.17, 15) is 4.79 Å². The van der Waals surface area contributed by atoms with E-state index < -0.39 is 0 Å². The number of thiophene rings is 1. The molecule has 1 unspecified atom stereocenters. The van der Waals surface area contributed by atoms with Gasteiger partial charge >= 0.3 is 0 Å². The van der Waals surface area contributed by atoms with Gasteiger partial charge in [-0.05, 0) is 41.9 Å². The molecule has 0 bridgehead atoms. The molecular weight excluding hydrogens is 292 g/mol. The van der Waals surface area contributed by atoms with E-state index in [0.29, 0.717) is 13.2 Å². The Morgan fingerprint density at radius 1 is 1.56 bits per heavy atom. The first-order valence-electron chi connectivity index (χ1n) is 5.11. The topological polar surface area (TPSA) is 35.5 Å². The van der Waals surface area contributed by atoms with Crippen molar-refractivity contribution in [3.63, 3.8) is 0 Å². The van der Waals surface area contributed by atoms with Gasteiger partial charge in [-0.2, -0.15) is 0 Å². The number of hydrogen-bond donors (Lipinski definition) is 0. The molecule has 0 saturated heterocycles. The Balaban J connectivity index is 2.30. The summed E-state index contributed by atoms with van der Waals surface area (Å²) in [5.41, 5.74) is 0. The number of ketones is 1. The van der Waals surface area contributed by atoms with Gasteiger partial charge in [0, 0.05) is 6.61 Å². The van der Waals surface area contributed by atoms with Crippen molar-refractivity contribution >= 4 is 33.0 Å². The predicted octanol–water partition coefficient (Wildman–Crippen LogP) is 3.13. The minimum Gasteiger partial charge on any atom is -0.379 e. The van der Waals surface area contributed by atoms with E-state index >= 15 is 0 Å². The Labute approximate surface area is 108 Å². The smallest absolute Gasteiger partial charge is 0.198 e. The molecule has 0 aromatic carbocycles. The highest BCUT2D eigenvalue weighted by Gasteiger charge is 2.11. The van der Waals surface area contributed by atoms with Crippen LogP contribution in [0.2, 0.25) is 0 Å². The molecule has 1 aromatic heterocycles. The molecule has 5 heteroatoms. The molecule has 0 aliphatic heterocycles. The highest BCUT2D eigenvalue weighted by molar-refractivity contribution is 9.11. The molecule has 1 atom stereocenters. The van der Waals surface area contributed by atoms with Crippen LogP contribution in [0.5, 0.6) is 0 Å². The third-order valence-electron chi connectivity index (χ3n) is 1.90. The van der Waals surface area contributed by atoms with Crippen LogP contribution >= 0.6 is 27.3 Å². The first-order valence-corrected chi connectivity index (χ1v) is 6.72. The van der Waals surface area contributed by atoms with Crippen LogP contribution in [0.25, 0.3) is 0 Å². The zero-order chi connectivity index (χ0) is 12.0. The molecule has 1 rings (SSSR count). The molecule has 0 radical (unpaired) electrons. The van der Waals surface area contributed by atoms with Crippen LogP contribution in [0.3, 0.4) is 0 Å². The molecule has 1 heterocycles. The lowest BCUT2D eigenvalue weighted by atomic mass is 10.3. The van der Waals surface area contributed by atoms with Gasteiger partial charge in [0.2, 0.25) is 0 Å². The standard InChI is InChI=1S/C11H15BrO3S/c1-3-14-6-8(2)15-7-9(13)10-4-5-11(12)16-10/h4-5,8H,3,6-7H2,1-2H3. The van der Waals surface area contributed by atoms with Crippen molar-refractivity contribution in [2.75, 3.05) is 19.8 Å². The van der Waals surface area contributed by atoms with Gasteiger partial charge in [0.1, 0.15) is 6.61 Å². The lowest BCUT2D eigenvalue weighted by Gasteiger charge is -2.11. The average Bonchev–Trinajstić information content (AvgIpc) is 2.69. The van der Waals surface area contributed by atoms with Crippen molar-refractivity contribution in [2.45, 2.75) is 20.0 Å². The Morgan fingerprint density at radius 2 is 2.31 bits per heavy atom. The fourth-order valence-electron chi connectivity index (χ4n) is 1.09. The van der Waals surface area contributed by atoms with Gasteiger partial charge < -0.3 is 9.47 Å². The Hall–Kier alpha value is -0.230. The second-order valence-electron chi connectivity index (χ2n) is 3.31. The number of hydrogen-bond acceptors (Lipinski definition) is 4. The maximum Gasteiger partial charge on any atom is 0.198 e. The maximum absolute atomic E-state index is 11.7. The van der Waals surface area contributed by atoms with Gasteiger partial charge in [0.25, 0.3) is 0 Å². The first kappa shape index (κ1) is 13.8. The molecule has 16 heavy (non-hydrogen) atoms. The van der Waals surface area contributed by atoms with Gasteiger partial charge in [0.05, 0.1) is 21.4 Å². The van der Waals surface area contributed by atoms with Crippen LogP contribution in [0, 0.1) is 0 Å². The van der Waals surface area contributed by atoms with Crippen LogP contribution in [-0.4, -0.2) is 31.7 Å². The summed E-state index contributed by atoms with van der Waals surface area (Å²) in [5, 5.41) is 0. The summed E-state index contributed by atoms with van der Waals surface area (Å²) in [7, 11) is 0. The zero-order valence-electron chi connectivity index (χ0n) is 9.36. The summed E-state index contributed by atoms with van der Waals surface area (Å²) in [6, 6.07) is 3.66. The highest BCUT2D eigenvalue weighted by Crippen LogP contribution is 2.22. The van der Waals surface area contributed by atoms with Crippen LogP contribution in [0.1, 0.15) is 23.5 Å². The maximum atomic E-state index is 11.7. The molecule has 0 saturated carbocycles. The minimum atomic E-state index is -0.0488. The van der Waals surface area contributed by atoms with E-state index in [1.807, 2.05) is 19.9 Å². The molecule has 0 aliphatic rings. The van der Waals surface area contributed by atoms with Gasteiger partial charge in [-0.1, -0.05) is 0 Å². The fraction of sp³-hybridized carbons (Fsp3) is 0.545. The molecule has 0 fully saturated rings. The fourth-order valence-corrected chi connectivity index (χ4v) is 2.40. The number of Topliss-reactive ketones (excluding diaryl/α,β-unsaturated/α-hetero) is 1. The van der Waals surface area contributed by atoms with Gasteiger partial charge in [-0.3, -0.25) is 4.79 Å². The minimum absolute atomic E-state index is 0.0130. The second kappa shape index (κ2) is 7.17. The molecular formula is C11H15BrO3S. The van der Waals surface area contributed by atoms with E-state index in [-0.39, 0.29) is 18.5 Å². The van der Waals surface area contributed by atoms with Crippen LogP contribution in [0.15, 0.2) is 15.9 Å². The third-order valence-corrected chi connectivity index (χ3v) is 3.57. The Morgan fingerprint density at radius 3 is 2.88 bits per heavy atom. The summed E-state index contributed by atoms with van der Waals surface area (Å²) in [5.74, 6) is 0.0130. The van der Waals surface area contributed by atoms with E-state index in [1.165, 1.54) is 11.3 Å². The number of carbonyl (C=O) groups excluding carboxylic acids is 1. The zero-order valence-corrected chi connectivity index (χ0v) is 11.8. The van der Waals surface area contributed by atoms with Crippen molar-refractivity contribution in [3.05, 3.63) is 20.8 Å². The first-order chi connectivity index (χ1) is 7.63. The summed E-state index contributed by atoms with van der Waals surface area (Å²) >= 11 is 4.74. The SMILES string of the molecule is CCOCC(C)OCC(=O)c1ccc(Br)s1. The average molecular weight is 307 g/mol. The highest BCUT2D eigenvalue weighted by atomic mass is 79.9. The Kier molecular flexibility index (Phi) is 6.20. The van der Waals surface area contributed by atoms with Gasteiger partial charge in [-0.25, -0.2) is 0 Å². The van der Waals surface area contributed by atoms with Gasteiger partial charge in [0.15, 0.2) is 5.78 Å². The molecule has 1 aromatic rings. The van der Waals surface area contributed by atoms with Crippen molar-refractivity contribution < 1.29 is 14.3 Å². The lowest BCUT2D eigenvalue weighted by molar-refractivity contribution is 0.00127. The van der Waals surface area contributed by atoms with Crippen LogP contribution in [0.4, 0.5) is 0 Å². The number of halogens is 1. The molecule has 0 amide bonds. The number of ether oxygens (including phenoxy) is 2. The second-order valence-corrected chi connectivity index (χ2v) is 5.77. The monoisotopic (exact) mass is 306 g/mol. The molecule has 0 aliphatic carbocycles. The van der Waals surface area contributed by atoms with E-state index in [1.54, 1.807) is 6.07 Å². The van der Waals surface area contributed by atoms with Crippen molar-refractivity contribution in [2.24, 2.45) is 0 Å². The lowest BCUT2D eigenvalue weighted by Crippen LogP contribution is -2.20. The van der Waals surface area contributed by atoms with Gasteiger partial charge in [-0.15, -0.1) is 11.3 Å². The van der Waals surface area contributed by atoms with Crippen molar-refractivity contribution in [3.8, 4) is 0 Å². The molecule has 3 nitrogen and oxygen atoms in total. The summed E-state index contributed by atoms with van der Waals surface area (Å²) in [4.78, 5) is 12.4. The number of rotatable bonds is 7. The third kappa shape index (κ3) is 4.74. The summed E-state index contributed by atoms with van der Waals surface area (Å²) < 4.78 is 11.5. The van der Waals surface area contributed by atoms with E-state index in [2.05, 4.69) is 15.9 Å². The summed E-state index contributed by atoms with van der Waals surface area (Å²) in [6.45, 7) is 5.13. The number of carbonyl (C=O) groups is 1. The van der Waals surface area contributed by atoms with Crippen molar-refractivity contribution in [1.29, 1.82) is 0 Å². The molecule has 0 spiro atoms. The van der Waals surface area contributed by atoms with E-state index in [4.69, 9.17) is 9.47 Å². The normalized spacial score (nSPS) is 12.7. The predicted molar refractivity (Wildman–Crippen MR) is 68.3 cm³/mol. The summed E-state index contributed by atoms with van der Waals surface area (Å²) in [6.07, 6.45) is -0.0488. The Bertz CT molecular complexity index is 338.